The van der Waals surface area contributed by atoms with E-state index in [1.165, 1.54) is 5.56 Å². The van der Waals surface area contributed by atoms with Crippen molar-refractivity contribution >= 4 is 5.78 Å². The predicted octanol–water partition coefficient (Wildman–Crippen LogP) is 5.67. The van der Waals surface area contributed by atoms with Crippen LogP contribution in [0.4, 0.5) is 0 Å². The fraction of sp³-hybridized carbons (Fsp3) is 0.458. The lowest BCUT2D eigenvalue weighted by Crippen LogP contribution is -2.11. The Morgan fingerprint density at radius 2 is 1.68 bits per heavy atom. The number of ether oxygens (including phenoxy) is 3. The predicted molar refractivity (Wildman–Crippen MR) is 113 cm³/mol. The van der Waals surface area contributed by atoms with Gasteiger partial charge in [-0.3, -0.25) is 0 Å². The van der Waals surface area contributed by atoms with Gasteiger partial charge in [0, 0.05) is 12.0 Å². The maximum Gasteiger partial charge on any atom is 0.164 e. The molecule has 2 aromatic rings. The molecule has 0 radical (unpaired) electrons. The topological polar surface area (TPSA) is 44.8 Å². The first kappa shape index (κ1) is 21.8. The maximum atomic E-state index is 12.0. The Morgan fingerprint density at radius 1 is 0.964 bits per heavy atom. The van der Waals surface area contributed by atoms with Gasteiger partial charge in [-0.25, -0.2) is 0 Å². The van der Waals surface area contributed by atoms with E-state index in [0.717, 1.165) is 35.5 Å². The SMILES string of the molecule is CCC(CC(CC(C)=O)c1cccc(OC)c1OC)c1ccc(OC)c(C)c1. The van der Waals surface area contributed by atoms with Crippen LogP contribution in [0.3, 0.4) is 0 Å². The van der Waals surface area contributed by atoms with E-state index in [1.54, 1.807) is 28.3 Å². The number of benzene rings is 2. The minimum absolute atomic E-state index is 0.0647. The second-order valence-electron chi connectivity index (χ2n) is 7.26. The zero-order valence-electron chi connectivity index (χ0n) is 17.9. The van der Waals surface area contributed by atoms with Crippen LogP contribution in [0.15, 0.2) is 36.4 Å². The van der Waals surface area contributed by atoms with Gasteiger partial charge in [0.05, 0.1) is 21.3 Å². The molecule has 2 rings (SSSR count). The van der Waals surface area contributed by atoms with Crippen LogP contribution in [0.2, 0.25) is 0 Å². The number of Topliss-reactive ketones (excluding diaryl/α,β-unsaturated/α-hetero) is 1. The van der Waals surface area contributed by atoms with Crippen LogP contribution in [-0.4, -0.2) is 27.1 Å². The highest BCUT2D eigenvalue weighted by atomic mass is 16.5. The Bertz CT molecular complexity index is 797. The number of ketones is 1. The largest absolute Gasteiger partial charge is 0.496 e. The van der Waals surface area contributed by atoms with E-state index in [0.29, 0.717) is 18.1 Å². The molecule has 28 heavy (non-hydrogen) atoms. The molecule has 0 N–H and O–H groups in total. The van der Waals surface area contributed by atoms with Crippen LogP contribution in [0.25, 0.3) is 0 Å². The normalized spacial score (nSPS) is 12.9. The summed E-state index contributed by atoms with van der Waals surface area (Å²) in [7, 11) is 4.98. The number of hydrogen-bond acceptors (Lipinski definition) is 4. The van der Waals surface area contributed by atoms with Crippen molar-refractivity contribution in [2.24, 2.45) is 0 Å². The molecule has 0 spiro atoms. The van der Waals surface area contributed by atoms with Crippen molar-refractivity contribution in [3.8, 4) is 17.2 Å². The Labute approximate surface area is 168 Å². The molecule has 0 aromatic heterocycles. The summed E-state index contributed by atoms with van der Waals surface area (Å²) < 4.78 is 16.5. The smallest absolute Gasteiger partial charge is 0.164 e. The molecule has 0 aliphatic carbocycles. The van der Waals surface area contributed by atoms with Gasteiger partial charge in [0.2, 0.25) is 0 Å². The molecule has 4 heteroatoms. The van der Waals surface area contributed by atoms with Gasteiger partial charge in [-0.2, -0.15) is 0 Å². The summed E-state index contributed by atoms with van der Waals surface area (Å²) in [6.45, 7) is 5.91. The van der Waals surface area contributed by atoms with Gasteiger partial charge >= 0.3 is 0 Å². The molecule has 2 unspecified atom stereocenters. The standard InChI is InChI=1S/C24H32O4/c1-7-18(19-11-12-22(26-4)16(2)13-19)15-20(14-17(3)25)21-9-8-10-23(27-5)24(21)28-6/h8-13,18,20H,7,14-15H2,1-6H3. The highest BCUT2D eigenvalue weighted by molar-refractivity contribution is 5.76. The third-order valence-corrected chi connectivity index (χ3v) is 5.36. The molecule has 4 nitrogen and oxygen atoms in total. The van der Waals surface area contributed by atoms with E-state index < -0.39 is 0 Å². The molecule has 0 bridgehead atoms. The van der Waals surface area contributed by atoms with Crippen molar-refractivity contribution in [1.82, 2.24) is 0 Å². The number of hydrogen-bond donors (Lipinski definition) is 0. The average molecular weight is 385 g/mol. The van der Waals surface area contributed by atoms with Gasteiger partial charge in [-0.15, -0.1) is 0 Å². The van der Waals surface area contributed by atoms with E-state index in [4.69, 9.17) is 14.2 Å². The summed E-state index contributed by atoms with van der Waals surface area (Å²) in [5.74, 6) is 2.89. The van der Waals surface area contributed by atoms with E-state index >= 15 is 0 Å². The van der Waals surface area contributed by atoms with Crippen molar-refractivity contribution in [3.05, 3.63) is 53.1 Å². The Kier molecular flexibility index (Phi) is 7.91. The van der Waals surface area contributed by atoms with Gasteiger partial charge in [-0.05, 0) is 61.8 Å². The summed E-state index contributed by atoms with van der Waals surface area (Å²) in [5, 5.41) is 0. The highest BCUT2D eigenvalue weighted by Gasteiger charge is 2.24. The monoisotopic (exact) mass is 384 g/mol. The first-order chi connectivity index (χ1) is 13.4. The van der Waals surface area contributed by atoms with Crippen LogP contribution in [-0.2, 0) is 4.79 Å². The van der Waals surface area contributed by atoms with Crippen LogP contribution >= 0.6 is 0 Å². The van der Waals surface area contributed by atoms with Crippen LogP contribution < -0.4 is 14.2 Å². The van der Waals surface area contributed by atoms with Gasteiger partial charge in [-0.1, -0.05) is 31.2 Å². The van der Waals surface area contributed by atoms with Gasteiger partial charge < -0.3 is 19.0 Å². The quantitative estimate of drug-likeness (QED) is 0.530. The van der Waals surface area contributed by atoms with Crippen molar-refractivity contribution in [1.29, 1.82) is 0 Å². The Hall–Kier alpha value is -2.49. The van der Waals surface area contributed by atoms with Gasteiger partial charge in [0.25, 0.3) is 0 Å². The molecule has 0 fully saturated rings. The minimum Gasteiger partial charge on any atom is -0.496 e. The molecular weight excluding hydrogens is 352 g/mol. The number of rotatable bonds is 10. The lowest BCUT2D eigenvalue weighted by atomic mass is 9.80. The van der Waals surface area contributed by atoms with Crippen molar-refractivity contribution in [2.45, 2.75) is 51.9 Å². The number of para-hydroxylation sites is 1. The van der Waals surface area contributed by atoms with E-state index in [9.17, 15) is 4.79 Å². The Morgan fingerprint density at radius 3 is 2.21 bits per heavy atom. The molecule has 0 amide bonds. The second-order valence-corrected chi connectivity index (χ2v) is 7.26. The first-order valence-corrected chi connectivity index (χ1v) is 9.79. The second kappa shape index (κ2) is 10.2. The van der Waals surface area contributed by atoms with Crippen LogP contribution in [0.5, 0.6) is 17.2 Å². The van der Waals surface area contributed by atoms with Crippen LogP contribution in [0.1, 0.15) is 61.6 Å². The van der Waals surface area contributed by atoms with E-state index in [1.807, 2.05) is 24.3 Å². The number of methoxy groups -OCH3 is 3. The fourth-order valence-corrected chi connectivity index (χ4v) is 3.94. The fourth-order valence-electron chi connectivity index (χ4n) is 3.94. The zero-order valence-corrected chi connectivity index (χ0v) is 17.9. The average Bonchev–Trinajstić information content (AvgIpc) is 2.69. The molecule has 0 aliphatic rings. The summed E-state index contributed by atoms with van der Waals surface area (Å²) in [4.78, 5) is 12.0. The molecule has 152 valence electrons. The molecule has 0 aliphatic heterocycles. The molecular formula is C24H32O4. The summed E-state index contributed by atoms with van der Waals surface area (Å²) in [5.41, 5.74) is 3.43. The number of carbonyl (C=O) groups is 1. The molecule has 0 saturated heterocycles. The summed E-state index contributed by atoms with van der Waals surface area (Å²) in [6, 6.07) is 12.2. The molecule has 2 atom stereocenters. The first-order valence-electron chi connectivity index (χ1n) is 9.79. The zero-order chi connectivity index (χ0) is 20.7. The molecule has 0 heterocycles. The van der Waals surface area contributed by atoms with Crippen molar-refractivity contribution in [3.63, 3.8) is 0 Å². The molecule has 0 saturated carbocycles. The molecule has 2 aromatic carbocycles. The highest BCUT2D eigenvalue weighted by Crippen LogP contribution is 2.42. The Balaban J connectivity index is 2.40. The van der Waals surface area contributed by atoms with E-state index in [-0.39, 0.29) is 11.7 Å². The maximum absolute atomic E-state index is 12.0. The van der Waals surface area contributed by atoms with E-state index in [2.05, 4.69) is 26.0 Å². The summed E-state index contributed by atoms with van der Waals surface area (Å²) >= 11 is 0. The van der Waals surface area contributed by atoms with Crippen LogP contribution in [0, 0.1) is 6.92 Å². The third kappa shape index (κ3) is 5.06. The third-order valence-electron chi connectivity index (χ3n) is 5.36. The summed E-state index contributed by atoms with van der Waals surface area (Å²) in [6.07, 6.45) is 2.34. The lowest BCUT2D eigenvalue weighted by molar-refractivity contribution is -0.117. The lowest BCUT2D eigenvalue weighted by Gasteiger charge is -2.25. The van der Waals surface area contributed by atoms with Gasteiger partial charge in [0.1, 0.15) is 11.5 Å². The van der Waals surface area contributed by atoms with Gasteiger partial charge in [0.15, 0.2) is 11.5 Å². The van der Waals surface area contributed by atoms with Crippen molar-refractivity contribution in [2.75, 3.05) is 21.3 Å². The minimum atomic E-state index is 0.0647. The number of aryl methyl sites for hydroxylation is 1. The van der Waals surface area contributed by atoms with Crippen molar-refractivity contribution < 1.29 is 19.0 Å². The number of carbonyl (C=O) groups excluding carboxylic acids is 1.